The fraction of sp³-hybridized carbons (Fsp3) is 0. The van der Waals surface area contributed by atoms with Gasteiger partial charge in [0.25, 0.3) is 0 Å². The monoisotopic (exact) mass is 715 g/mol. The van der Waals surface area contributed by atoms with Gasteiger partial charge in [-0.15, -0.1) is 0 Å². The second kappa shape index (κ2) is 14.4. The Morgan fingerprint density at radius 1 is 0.250 bits per heavy atom. The summed E-state index contributed by atoms with van der Waals surface area (Å²) in [4.78, 5) is 2.33. The highest BCUT2D eigenvalue weighted by Gasteiger charge is 2.18. The molecule has 1 heterocycles. The first-order chi connectivity index (χ1) is 27.8. The average molecular weight is 716 g/mol. The molecule has 10 aromatic rings. The van der Waals surface area contributed by atoms with E-state index < -0.39 is 0 Å². The van der Waals surface area contributed by atoms with Crippen LogP contribution in [0.5, 0.6) is 0 Å². The molecule has 0 unspecified atom stereocenters. The van der Waals surface area contributed by atoms with E-state index in [1.54, 1.807) is 0 Å². The fourth-order valence-corrected chi connectivity index (χ4v) is 8.03. The van der Waals surface area contributed by atoms with Gasteiger partial charge in [0, 0.05) is 27.8 Å². The highest BCUT2D eigenvalue weighted by molar-refractivity contribution is 6.06. The summed E-state index contributed by atoms with van der Waals surface area (Å²) in [5, 5.41) is 2.21. The van der Waals surface area contributed by atoms with Gasteiger partial charge in [0.05, 0.1) is 0 Å². The Labute approximate surface area is 327 Å². The molecular weight excluding hydrogens is 679 g/mol. The summed E-state index contributed by atoms with van der Waals surface area (Å²) in [6.07, 6.45) is 0. The summed E-state index contributed by atoms with van der Waals surface area (Å²) in [5.74, 6) is 0. The average Bonchev–Trinajstić information content (AvgIpc) is 3.66. The van der Waals surface area contributed by atoms with Crippen molar-refractivity contribution in [2.24, 2.45) is 0 Å². The van der Waals surface area contributed by atoms with E-state index in [9.17, 15) is 0 Å². The molecule has 9 aromatic carbocycles. The lowest BCUT2D eigenvalue weighted by Gasteiger charge is -2.26. The van der Waals surface area contributed by atoms with Gasteiger partial charge in [-0.2, -0.15) is 0 Å². The van der Waals surface area contributed by atoms with E-state index in [1.807, 2.05) is 12.1 Å². The standard InChI is InChI=1S/C54H37NO/c1-3-15-38(16-4-1)39-27-31-42(32-28-39)55(44-35-36-54-52(37-44)51-25-13-14-26-53(51)56-54)43-33-29-41(30-34-43)46-20-8-10-22-48(46)50-24-12-11-23-49(50)47-21-9-7-19-45(47)40-17-5-2-6-18-40/h1-37H. The highest BCUT2D eigenvalue weighted by atomic mass is 16.3. The molecule has 0 aliphatic rings. The van der Waals surface area contributed by atoms with Crippen molar-refractivity contribution in [1.82, 2.24) is 0 Å². The number of fused-ring (bicyclic) bond motifs is 3. The van der Waals surface area contributed by atoms with Crippen molar-refractivity contribution in [3.05, 3.63) is 224 Å². The van der Waals surface area contributed by atoms with Crippen molar-refractivity contribution in [1.29, 1.82) is 0 Å². The largest absolute Gasteiger partial charge is 0.456 e. The number of hydrogen-bond donors (Lipinski definition) is 0. The molecule has 0 saturated carbocycles. The zero-order chi connectivity index (χ0) is 37.3. The van der Waals surface area contributed by atoms with Gasteiger partial charge >= 0.3 is 0 Å². The molecule has 56 heavy (non-hydrogen) atoms. The third-order valence-corrected chi connectivity index (χ3v) is 10.7. The SMILES string of the molecule is c1ccc(-c2ccc(N(c3ccc(-c4ccccc4-c4ccccc4-c4ccccc4-c4ccccc4)cc3)c3ccc4oc5ccccc5c4c3)cc2)cc1. The highest BCUT2D eigenvalue weighted by Crippen LogP contribution is 2.43. The first kappa shape index (κ1) is 33.2. The predicted molar refractivity (Wildman–Crippen MR) is 236 cm³/mol. The molecule has 0 atom stereocenters. The van der Waals surface area contributed by atoms with Crippen molar-refractivity contribution < 1.29 is 4.42 Å². The zero-order valence-electron chi connectivity index (χ0n) is 30.7. The summed E-state index contributed by atoms with van der Waals surface area (Å²) in [6, 6.07) is 80.1. The van der Waals surface area contributed by atoms with Crippen LogP contribution in [0.3, 0.4) is 0 Å². The van der Waals surface area contributed by atoms with Gasteiger partial charge < -0.3 is 9.32 Å². The predicted octanol–water partition coefficient (Wildman–Crippen LogP) is 15.4. The van der Waals surface area contributed by atoms with Crippen molar-refractivity contribution in [2.75, 3.05) is 4.90 Å². The van der Waals surface area contributed by atoms with Crippen LogP contribution in [0.15, 0.2) is 229 Å². The van der Waals surface area contributed by atoms with E-state index in [0.717, 1.165) is 44.6 Å². The minimum Gasteiger partial charge on any atom is -0.456 e. The molecule has 0 radical (unpaired) electrons. The first-order valence-electron chi connectivity index (χ1n) is 19.1. The van der Waals surface area contributed by atoms with E-state index in [0.29, 0.717) is 0 Å². The van der Waals surface area contributed by atoms with Crippen LogP contribution < -0.4 is 4.90 Å². The minimum absolute atomic E-state index is 0.882. The molecule has 2 nitrogen and oxygen atoms in total. The maximum atomic E-state index is 6.22. The number of rotatable bonds is 8. The van der Waals surface area contributed by atoms with Gasteiger partial charge in [-0.25, -0.2) is 0 Å². The van der Waals surface area contributed by atoms with Gasteiger partial charge in [0.1, 0.15) is 11.2 Å². The minimum atomic E-state index is 0.882. The fourth-order valence-electron chi connectivity index (χ4n) is 8.03. The summed E-state index contributed by atoms with van der Waals surface area (Å²) < 4.78 is 6.22. The van der Waals surface area contributed by atoms with Crippen LogP contribution in [-0.2, 0) is 0 Å². The molecule has 0 N–H and O–H groups in total. The lowest BCUT2D eigenvalue weighted by atomic mass is 9.87. The third-order valence-electron chi connectivity index (χ3n) is 10.7. The number of para-hydroxylation sites is 1. The van der Waals surface area contributed by atoms with Crippen molar-refractivity contribution in [3.8, 4) is 55.6 Å². The summed E-state index contributed by atoms with van der Waals surface area (Å²) in [5.41, 5.74) is 17.0. The molecule has 2 heteroatoms. The summed E-state index contributed by atoms with van der Waals surface area (Å²) in [7, 11) is 0. The normalized spacial score (nSPS) is 11.2. The van der Waals surface area contributed by atoms with E-state index in [2.05, 4.69) is 217 Å². The van der Waals surface area contributed by atoms with Crippen LogP contribution in [-0.4, -0.2) is 0 Å². The number of furan rings is 1. The van der Waals surface area contributed by atoms with Crippen molar-refractivity contribution in [2.45, 2.75) is 0 Å². The Bertz CT molecular complexity index is 2940. The van der Waals surface area contributed by atoms with Crippen LogP contribution >= 0.6 is 0 Å². The molecule has 0 aliphatic heterocycles. The Kier molecular flexibility index (Phi) is 8.55. The second-order valence-corrected chi connectivity index (χ2v) is 14.1. The maximum Gasteiger partial charge on any atom is 0.135 e. The molecule has 0 aliphatic carbocycles. The smallest absolute Gasteiger partial charge is 0.135 e. The molecule has 0 spiro atoms. The van der Waals surface area contributed by atoms with Gasteiger partial charge in [-0.05, 0) is 104 Å². The lowest BCUT2D eigenvalue weighted by molar-refractivity contribution is 0.669. The van der Waals surface area contributed by atoms with Crippen LogP contribution in [0.25, 0.3) is 77.6 Å². The molecule has 1 aromatic heterocycles. The molecule has 0 amide bonds. The number of anilines is 3. The van der Waals surface area contributed by atoms with E-state index in [1.165, 1.54) is 50.1 Å². The maximum absolute atomic E-state index is 6.22. The summed E-state index contributed by atoms with van der Waals surface area (Å²) >= 11 is 0. The van der Waals surface area contributed by atoms with Gasteiger partial charge in [0.2, 0.25) is 0 Å². The molecular formula is C54H37NO. The first-order valence-corrected chi connectivity index (χ1v) is 19.1. The zero-order valence-corrected chi connectivity index (χ0v) is 30.7. The molecule has 0 bridgehead atoms. The molecule has 10 rings (SSSR count). The van der Waals surface area contributed by atoms with Crippen LogP contribution in [0.4, 0.5) is 17.1 Å². The lowest BCUT2D eigenvalue weighted by Crippen LogP contribution is -2.09. The van der Waals surface area contributed by atoms with E-state index >= 15 is 0 Å². The van der Waals surface area contributed by atoms with Crippen LogP contribution in [0.2, 0.25) is 0 Å². The van der Waals surface area contributed by atoms with Gasteiger partial charge in [-0.1, -0.05) is 176 Å². The summed E-state index contributed by atoms with van der Waals surface area (Å²) in [6.45, 7) is 0. The molecule has 264 valence electrons. The molecule has 0 saturated heterocycles. The third kappa shape index (κ3) is 6.14. The Morgan fingerprint density at radius 2 is 0.625 bits per heavy atom. The molecule has 0 fully saturated rings. The van der Waals surface area contributed by atoms with E-state index in [-0.39, 0.29) is 0 Å². The van der Waals surface area contributed by atoms with Crippen LogP contribution in [0, 0.1) is 0 Å². The second-order valence-electron chi connectivity index (χ2n) is 14.1. The van der Waals surface area contributed by atoms with Crippen LogP contribution in [0.1, 0.15) is 0 Å². The van der Waals surface area contributed by atoms with Crippen molar-refractivity contribution >= 4 is 39.0 Å². The van der Waals surface area contributed by atoms with Gasteiger partial charge in [0.15, 0.2) is 0 Å². The van der Waals surface area contributed by atoms with E-state index in [4.69, 9.17) is 4.42 Å². The van der Waals surface area contributed by atoms with Crippen molar-refractivity contribution in [3.63, 3.8) is 0 Å². The Hall–Kier alpha value is -7.42. The Balaban J connectivity index is 1.07. The van der Waals surface area contributed by atoms with Gasteiger partial charge in [-0.3, -0.25) is 0 Å². The Morgan fingerprint density at radius 3 is 1.20 bits per heavy atom. The number of nitrogens with zero attached hydrogens (tertiary/aromatic N) is 1. The quantitative estimate of drug-likeness (QED) is 0.156. The topological polar surface area (TPSA) is 16.4 Å². The number of benzene rings is 9. The number of hydrogen-bond acceptors (Lipinski definition) is 2.